The second kappa shape index (κ2) is 8.32. The maximum atomic E-state index is 14.1. The van der Waals surface area contributed by atoms with Gasteiger partial charge in [0.2, 0.25) is 5.78 Å². The van der Waals surface area contributed by atoms with Gasteiger partial charge < -0.3 is 25.8 Å². The van der Waals surface area contributed by atoms with E-state index in [1.54, 1.807) is 0 Å². The minimum atomic E-state index is -1.94. The molecule has 0 saturated heterocycles. The van der Waals surface area contributed by atoms with Gasteiger partial charge in [0.1, 0.15) is 23.5 Å². The summed E-state index contributed by atoms with van der Waals surface area (Å²) in [6.07, 6.45) is -0.848. The molecule has 0 spiro atoms. The number of aliphatic hydroxyl groups is 2. The molecule has 0 bridgehead atoms. The van der Waals surface area contributed by atoms with Gasteiger partial charge in [-0.05, 0) is 31.1 Å². The van der Waals surface area contributed by atoms with Crippen molar-refractivity contribution in [3.05, 3.63) is 41.2 Å². The molecule has 0 aliphatic carbocycles. The number of nitrogen functional groups attached to an aromatic ring is 1. The van der Waals surface area contributed by atoms with E-state index in [-0.39, 0.29) is 29.0 Å². The number of nitrogens with two attached hydrogens (primary N) is 1. The number of ether oxygens (including phenoxy) is 1. The summed E-state index contributed by atoms with van der Waals surface area (Å²) in [6, 6.07) is 2.63. The second-order valence-electron chi connectivity index (χ2n) is 6.50. The quantitative estimate of drug-likeness (QED) is 0.399. The van der Waals surface area contributed by atoms with Crippen molar-refractivity contribution in [3.63, 3.8) is 0 Å². The molecule has 0 saturated carbocycles. The second-order valence-corrected chi connectivity index (χ2v) is 6.50. The Morgan fingerprint density at radius 1 is 1.22 bits per heavy atom. The van der Waals surface area contributed by atoms with Crippen LogP contribution in [-0.2, 0) is 9.53 Å². The van der Waals surface area contributed by atoms with E-state index in [9.17, 15) is 29.3 Å². The Hall–Kier alpha value is -2.71. The molecule has 0 amide bonds. The first-order chi connectivity index (χ1) is 12.6. The lowest BCUT2D eigenvalue weighted by Crippen LogP contribution is -2.34. The van der Waals surface area contributed by atoms with Gasteiger partial charge in [0.05, 0.1) is 6.10 Å². The average molecular weight is 379 g/mol. The zero-order valence-corrected chi connectivity index (χ0v) is 14.9. The molecule has 2 rings (SSSR count). The predicted molar refractivity (Wildman–Crippen MR) is 96.4 cm³/mol. The van der Waals surface area contributed by atoms with Gasteiger partial charge in [-0.3, -0.25) is 4.79 Å². The Morgan fingerprint density at radius 3 is 2.56 bits per heavy atom. The van der Waals surface area contributed by atoms with Crippen LogP contribution in [0.1, 0.15) is 36.2 Å². The number of fused-ring (bicyclic) bond motifs is 1. The van der Waals surface area contributed by atoms with E-state index in [1.807, 2.05) is 0 Å². The lowest BCUT2D eigenvalue weighted by atomic mass is 9.99. The molecule has 4 atom stereocenters. The smallest absolute Gasteiger partial charge is 0.342 e. The molecule has 0 fully saturated rings. The third kappa shape index (κ3) is 4.72. The highest BCUT2D eigenvalue weighted by atomic mass is 19.1. The number of phenols is 1. The number of hydrogen-bond donors (Lipinski definition) is 4. The fourth-order valence-corrected chi connectivity index (χ4v) is 2.59. The third-order valence-electron chi connectivity index (χ3n) is 4.36. The van der Waals surface area contributed by atoms with Crippen LogP contribution in [0.3, 0.4) is 0 Å². The van der Waals surface area contributed by atoms with E-state index >= 15 is 0 Å². The molecule has 5 N–H and O–H groups in total. The number of hydrogen-bond acceptors (Lipinski definition) is 7. The molecule has 1 aromatic rings. The minimum Gasteiger partial charge on any atom is -0.507 e. The largest absolute Gasteiger partial charge is 0.507 e. The van der Waals surface area contributed by atoms with Crippen molar-refractivity contribution in [3.8, 4) is 5.75 Å². The van der Waals surface area contributed by atoms with Crippen LogP contribution in [0.4, 0.5) is 10.1 Å². The van der Waals surface area contributed by atoms with Crippen LogP contribution in [0.25, 0.3) is 6.08 Å². The standard InChI is InChI=1S/C19H22FNO6/c1-9-6-13(20)17(24)18(25)14(22)5-3-4-11-7-12(21)8-15(23)16(11)19(26)27-10(9)2/h3-4,6-10,14,18,22-23,25H,5,21H2,1-2H3/b4-3+,13-6+/t9-,10+,14+,18+/m1/s1. The maximum Gasteiger partial charge on any atom is 0.342 e. The van der Waals surface area contributed by atoms with Crippen LogP contribution in [-0.4, -0.2) is 45.4 Å². The van der Waals surface area contributed by atoms with E-state index < -0.39 is 41.8 Å². The van der Waals surface area contributed by atoms with Crippen molar-refractivity contribution in [2.24, 2.45) is 5.92 Å². The number of rotatable bonds is 0. The molecule has 7 nitrogen and oxygen atoms in total. The topological polar surface area (TPSA) is 130 Å². The van der Waals surface area contributed by atoms with Gasteiger partial charge >= 0.3 is 5.97 Å². The summed E-state index contributed by atoms with van der Waals surface area (Å²) in [5.41, 5.74) is 6.00. The van der Waals surface area contributed by atoms with Gasteiger partial charge in [0.15, 0.2) is 5.83 Å². The Bertz CT molecular complexity index is 804. The number of ketones is 1. The lowest BCUT2D eigenvalue weighted by Gasteiger charge is -2.20. The van der Waals surface area contributed by atoms with E-state index in [0.717, 1.165) is 6.08 Å². The first kappa shape index (κ1) is 20.6. The highest BCUT2D eigenvalue weighted by Gasteiger charge is 2.29. The summed E-state index contributed by atoms with van der Waals surface area (Å²) in [6.45, 7) is 3.01. The highest BCUT2D eigenvalue weighted by molar-refractivity contribution is 5.98. The van der Waals surface area contributed by atoms with E-state index in [1.165, 1.54) is 38.1 Å². The first-order valence-electron chi connectivity index (χ1n) is 8.39. The number of aliphatic hydroxyl groups excluding tert-OH is 2. The molecule has 146 valence electrons. The zero-order valence-electron chi connectivity index (χ0n) is 14.9. The number of anilines is 1. The molecule has 0 aromatic heterocycles. The number of esters is 1. The number of carbonyl (C=O) groups excluding carboxylic acids is 2. The summed E-state index contributed by atoms with van der Waals surface area (Å²) in [7, 11) is 0. The van der Waals surface area contributed by atoms with Crippen molar-refractivity contribution in [2.75, 3.05) is 5.73 Å². The van der Waals surface area contributed by atoms with E-state index in [0.29, 0.717) is 0 Å². The van der Waals surface area contributed by atoms with Gasteiger partial charge in [0.25, 0.3) is 0 Å². The molecule has 1 heterocycles. The monoisotopic (exact) mass is 379 g/mol. The Balaban J connectivity index is 2.52. The maximum absolute atomic E-state index is 14.1. The number of benzene rings is 1. The van der Waals surface area contributed by atoms with Gasteiger partial charge in [-0.15, -0.1) is 0 Å². The van der Waals surface area contributed by atoms with E-state index in [4.69, 9.17) is 10.5 Å². The first-order valence-corrected chi connectivity index (χ1v) is 8.39. The third-order valence-corrected chi connectivity index (χ3v) is 4.36. The molecule has 0 radical (unpaired) electrons. The van der Waals surface area contributed by atoms with E-state index in [2.05, 4.69) is 0 Å². The summed E-state index contributed by atoms with van der Waals surface area (Å²) in [5, 5.41) is 29.9. The summed E-state index contributed by atoms with van der Waals surface area (Å²) in [4.78, 5) is 24.4. The highest BCUT2D eigenvalue weighted by Crippen LogP contribution is 2.28. The van der Waals surface area contributed by atoms with Crippen molar-refractivity contribution in [1.29, 1.82) is 0 Å². The van der Waals surface area contributed by atoms with Gasteiger partial charge in [-0.25, -0.2) is 9.18 Å². The number of halogens is 1. The van der Waals surface area contributed by atoms with Crippen LogP contribution in [0.2, 0.25) is 0 Å². The van der Waals surface area contributed by atoms with Crippen LogP contribution in [0.15, 0.2) is 30.1 Å². The van der Waals surface area contributed by atoms with Gasteiger partial charge in [-0.1, -0.05) is 19.1 Å². The van der Waals surface area contributed by atoms with Gasteiger partial charge in [0, 0.05) is 17.7 Å². The number of carbonyl (C=O) groups is 2. The zero-order chi connectivity index (χ0) is 20.3. The van der Waals surface area contributed by atoms with Crippen molar-refractivity contribution < 1.29 is 34.0 Å². The molecule has 1 aliphatic rings. The fraction of sp³-hybridized carbons (Fsp3) is 0.368. The van der Waals surface area contributed by atoms with Crippen LogP contribution < -0.4 is 5.73 Å². The van der Waals surface area contributed by atoms with Gasteiger partial charge in [-0.2, -0.15) is 0 Å². The number of phenolic OH excluding ortho intramolecular Hbond substituents is 1. The Kier molecular flexibility index (Phi) is 6.35. The fourth-order valence-electron chi connectivity index (χ4n) is 2.59. The van der Waals surface area contributed by atoms with Crippen LogP contribution in [0, 0.1) is 5.92 Å². The minimum absolute atomic E-state index is 0.132. The molecule has 27 heavy (non-hydrogen) atoms. The molecule has 1 aromatic carbocycles. The van der Waals surface area contributed by atoms with Crippen molar-refractivity contribution in [1.82, 2.24) is 0 Å². The summed E-state index contributed by atoms with van der Waals surface area (Å²) in [5.74, 6) is -4.41. The molecular formula is C19H22FNO6. The summed E-state index contributed by atoms with van der Waals surface area (Å²) >= 11 is 0. The van der Waals surface area contributed by atoms with Crippen LogP contribution >= 0.6 is 0 Å². The van der Waals surface area contributed by atoms with Crippen molar-refractivity contribution in [2.45, 2.75) is 38.6 Å². The molecule has 8 heteroatoms. The number of cyclic esters (lactones) is 1. The summed E-state index contributed by atoms with van der Waals surface area (Å²) < 4.78 is 19.3. The molecule has 0 unspecified atom stereocenters. The van der Waals surface area contributed by atoms with Crippen molar-refractivity contribution >= 4 is 23.5 Å². The lowest BCUT2D eigenvalue weighted by molar-refractivity contribution is -0.130. The molecule has 1 aliphatic heterocycles. The average Bonchev–Trinajstić information content (AvgIpc) is 2.58. The Morgan fingerprint density at radius 2 is 1.89 bits per heavy atom. The SMILES string of the molecule is C[C@@H]1/C=C(/F)C(=O)[C@@H](O)[C@@H](O)C/C=C/c2cc(N)cc(O)c2C(=O)O[C@H]1C. The predicted octanol–water partition coefficient (Wildman–Crippen LogP) is 1.72. The van der Waals surface area contributed by atoms with Crippen LogP contribution in [0.5, 0.6) is 5.75 Å². The number of Topliss-reactive ketones (excluding diaryl/α,β-unsaturated/α-hetero) is 1. The normalized spacial score (nSPS) is 30.5. The molecular weight excluding hydrogens is 357 g/mol. The number of aromatic hydroxyl groups is 1. The Labute approximate surface area is 155 Å².